The first-order valence-electron chi connectivity index (χ1n) is 7.69. The van der Waals surface area contributed by atoms with Crippen molar-refractivity contribution in [2.24, 2.45) is 0 Å². The monoisotopic (exact) mass is 315 g/mol. The van der Waals surface area contributed by atoms with Crippen LogP contribution in [0.5, 0.6) is 5.75 Å². The first kappa shape index (κ1) is 15.6. The van der Waals surface area contributed by atoms with Crippen LogP contribution in [0.4, 0.5) is 0 Å². The summed E-state index contributed by atoms with van der Waals surface area (Å²) >= 11 is 0. The van der Waals surface area contributed by atoms with Gasteiger partial charge in [-0.3, -0.25) is 4.79 Å². The van der Waals surface area contributed by atoms with Gasteiger partial charge in [0.25, 0.3) is 5.91 Å². The maximum absolute atomic E-state index is 13.0. The predicted octanol–water partition coefficient (Wildman–Crippen LogP) is 2.85. The molecule has 1 fully saturated rings. The Bertz CT molecular complexity index is 702. The number of carbonyl (C=O) groups is 1. The van der Waals surface area contributed by atoms with E-state index in [-0.39, 0.29) is 11.9 Å². The van der Waals surface area contributed by atoms with E-state index in [1.54, 1.807) is 25.2 Å². The fourth-order valence-electron chi connectivity index (χ4n) is 3.24. The molecule has 2 aromatic rings. The summed E-state index contributed by atoms with van der Waals surface area (Å²) in [5.74, 6) is 1.25. The van der Waals surface area contributed by atoms with Crippen LogP contribution < -0.4 is 4.74 Å². The Morgan fingerprint density at radius 2 is 2.17 bits per heavy atom. The van der Waals surface area contributed by atoms with E-state index < -0.39 is 6.10 Å². The molecule has 0 bridgehead atoms. The van der Waals surface area contributed by atoms with Gasteiger partial charge in [0.15, 0.2) is 0 Å². The number of benzene rings is 1. The molecule has 1 saturated heterocycles. The minimum atomic E-state index is -0.525. The highest BCUT2D eigenvalue weighted by molar-refractivity contribution is 5.97. The van der Waals surface area contributed by atoms with E-state index in [0.717, 1.165) is 16.9 Å². The first-order valence-corrected chi connectivity index (χ1v) is 7.69. The molecule has 0 saturated carbocycles. The summed E-state index contributed by atoms with van der Waals surface area (Å²) in [7, 11) is 1.61. The number of furan rings is 1. The van der Waals surface area contributed by atoms with Crippen molar-refractivity contribution in [1.29, 1.82) is 0 Å². The molecule has 1 aliphatic rings. The number of aliphatic hydroxyl groups is 1. The molecular formula is C18H21NO4. The lowest BCUT2D eigenvalue weighted by molar-refractivity contribution is 0.0713. The Morgan fingerprint density at radius 1 is 1.39 bits per heavy atom. The van der Waals surface area contributed by atoms with Crippen molar-refractivity contribution in [3.63, 3.8) is 0 Å². The lowest BCUT2D eigenvalue weighted by Crippen LogP contribution is -2.32. The van der Waals surface area contributed by atoms with Crippen molar-refractivity contribution in [3.05, 3.63) is 53.0 Å². The summed E-state index contributed by atoms with van der Waals surface area (Å²) in [5, 5.41) is 10.1. The lowest BCUT2D eigenvalue weighted by atomic mass is 10.0. The van der Waals surface area contributed by atoms with Crippen LogP contribution in [0.3, 0.4) is 0 Å². The highest BCUT2D eigenvalue weighted by Crippen LogP contribution is 2.35. The third-order valence-corrected chi connectivity index (χ3v) is 4.39. The van der Waals surface area contributed by atoms with Crippen molar-refractivity contribution < 1.29 is 19.1 Å². The zero-order valence-corrected chi connectivity index (χ0v) is 13.6. The highest BCUT2D eigenvalue weighted by atomic mass is 16.5. The van der Waals surface area contributed by atoms with Gasteiger partial charge in [-0.15, -0.1) is 0 Å². The molecule has 1 aromatic carbocycles. The van der Waals surface area contributed by atoms with Crippen LogP contribution >= 0.6 is 0 Å². The maximum Gasteiger partial charge on any atom is 0.258 e. The number of hydrogen-bond donors (Lipinski definition) is 1. The number of aryl methyl sites for hydroxylation is 2. The number of hydrogen-bond acceptors (Lipinski definition) is 4. The van der Waals surface area contributed by atoms with Gasteiger partial charge in [-0.25, -0.2) is 0 Å². The molecule has 122 valence electrons. The molecule has 5 nitrogen and oxygen atoms in total. The summed E-state index contributed by atoms with van der Waals surface area (Å²) in [6.45, 7) is 3.97. The van der Waals surface area contributed by atoms with Crippen LogP contribution in [0.15, 0.2) is 34.9 Å². The zero-order valence-electron chi connectivity index (χ0n) is 13.6. The number of methoxy groups -OCH3 is 1. The second-order valence-corrected chi connectivity index (χ2v) is 5.99. The number of aliphatic hydroxyl groups excluding tert-OH is 1. The molecule has 0 unspecified atom stereocenters. The number of rotatable bonds is 3. The molecule has 2 atom stereocenters. The number of ether oxygens (including phenoxy) is 1. The maximum atomic E-state index is 13.0. The van der Waals surface area contributed by atoms with Gasteiger partial charge in [0.1, 0.15) is 11.5 Å². The molecular weight excluding hydrogens is 294 g/mol. The van der Waals surface area contributed by atoms with Gasteiger partial charge < -0.3 is 19.2 Å². The van der Waals surface area contributed by atoms with E-state index in [2.05, 4.69) is 0 Å². The third-order valence-electron chi connectivity index (χ3n) is 4.39. The lowest BCUT2D eigenvalue weighted by Gasteiger charge is -2.25. The quantitative estimate of drug-likeness (QED) is 0.946. The number of amides is 1. The molecule has 0 spiro atoms. The second kappa shape index (κ2) is 6.08. The Morgan fingerprint density at radius 3 is 2.83 bits per heavy atom. The minimum Gasteiger partial charge on any atom is -0.497 e. The van der Waals surface area contributed by atoms with Crippen molar-refractivity contribution in [2.75, 3.05) is 13.7 Å². The predicted molar refractivity (Wildman–Crippen MR) is 85.6 cm³/mol. The second-order valence-electron chi connectivity index (χ2n) is 5.99. The van der Waals surface area contributed by atoms with Gasteiger partial charge in [0, 0.05) is 12.1 Å². The van der Waals surface area contributed by atoms with E-state index >= 15 is 0 Å². The van der Waals surface area contributed by atoms with Crippen LogP contribution in [0.25, 0.3) is 0 Å². The molecule has 0 radical (unpaired) electrons. The fourth-order valence-corrected chi connectivity index (χ4v) is 3.24. The molecule has 1 aromatic heterocycles. The van der Waals surface area contributed by atoms with E-state index in [1.807, 2.05) is 31.2 Å². The average Bonchev–Trinajstić information content (AvgIpc) is 3.09. The Labute approximate surface area is 135 Å². The van der Waals surface area contributed by atoms with E-state index in [1.165, 1.54) is 0 Å². The van der Waals surface area contributed by atoms with E-state index in [0.29, 0.717) is 24.3 Å². The highest BCUT2D eigenvalue weighted by Gasteiger charge is 2.37. The largest absolute Gasteiger partial charge is 0.497 e. The van der Waals surface area contributed by atoms with Crippen LogP contribution in [-0.2, 0) is 0 Å². The van der Waals surface area contributed by atoms with Gasteiger partial charge in [0.05, 0.1) is 31.1 Å². The molecule has 5 heteroatoms. The molecule has 2 heterocycles. The molecule has 23 heavy (non-hydrogen) atoms. The van der Waals surface area contributed by atoms with Crippen LogP contribution in [0.2, 0.25) is 0 Å². The number of β-amino-alcohol motifs (C(OH)–C–C–N with tert-alkyl or cyclic N) is 1. The average molecular weight is 315 g/mol. The molecule has 3 rings (SSSR count). The van der Waals surface area contributed by atoms with Crippen LogP contribution in [0, 0.1) is 13.8 Å². The third kappa shape index (κ3) is 2.84. The number of carbonyl (C=O) groups excluding carboxylic acids is 1. The topological polar surface area (TPSA) is 62.9 Å². The summed E-state index contributed by atoms with van der Waals surface area (Å²) in [6, 6.07) is 7.47. The van der Waals surface area contributed by atoms with Gasteiger partial charge in [-0.2, -0.15) is 0 Å². The van der Waals surface area contributed by atoms with Gasteiger partial charge in [0.2, 0.25) is 0 Å². The van der Waals surface area contributed by atoms with Crippen molar-refractivity contribution in [2.45, 2.75) is 32.4 Å². The summed E-state index contributed by atoms with van der Waals surface area (Å²) in [6.07, 6.45) is 1.59. The van der Waals surface area contributed by atoms with Gasteiger partial charge in [-0.1, -0.05) is 12.1 Å². The van der Waals surface area contributed by atoms with E-state index in [4.69, 9.17) is 9.15 Å². The summed E-state index contributed by atoms with van der Waals surface area (Å²) in [5.41, 5.74) is 2.37. The minimum absolute atomic E-state index is 0.0990. The van der Waals surface area contributed by atoms with Gasteiger partial charge >= 0.3 is 0 Å². The van der Waals surface area contributed by atoms with Crippen molar-refractivity contribution in [1.82, 2.24) is 4.90 Å². The van der Waals surface area contributed by atoms with Crippen molar-refractivity contribution in [3.8, 4) is 5.75 Å². The molecule has 1 aliphatic heterocycles. The Balaban J connectivity index is 1.95. The number of likely N-dealkylation sites (tertiary alicyclic amines) is 1. The molecule has 0 aliphatic carbocycles. The smallest absolute Gasteiger partial charge is 0.258 e. The Kier molecular flexibility index (Phi) is 4.13. The Hall–Kier alpha value is -2.27. The zero-order chi connectivity index (χ0) is 16.6. The van der Waals surface area contributed by atoms with Crippen molar-refractivity contribution >= 4 is 5.91 Å². The molecule has 1 N–H and O–H groups in total. The van der Waals surface area contributed by atoms with Gasteiger partial charge in [-0.05, 0) is 38.0 Å². The van der Waals surface area contributed by atoms with Crippen LogP contribution in [0.1, 0.15) is 39.7 Å². The summed E-state index contributed by atoms with van der Waals surface area (Å²) in [4.78, 5) is 14.7. The standard InChI is InChI=1S/C18H21NO4/c1-11-10-23-12(2)17(11)18(21)19-9-14(20)8-16(19)13-5-4-6-15(7-13)22-3/h4-7,10,14,16,20H,8-9H2,1-3H3/t14-,16-/m0/s1. The SMILES string of the molecule is COc1cccc([C@@H]2C[C@H](O)CN2C(=O)c2c(C)coc2C)c1. The van der Waals surface area contributed by atoms with Crippen LogP contribution in [-0.4, -0.2) is 35.7 Å². The summed E-state index contributed by atoms with van der Waals surface area (Å²) < 4.78 is 10.6. The van der Waals surface area contributed by atoms with E-state index in [9.17, 15) is 9.90 Å². The normalized spacial score (nSPS) is 20.8. The fraction of sp³-hybridized carbons (Fsp3) is 0.389. The molecule has 1 amide bonds. The first-order chi connectivity index (χ1) is 11.0. The number of nitrogens with zero attached hydrogens (tertiary/aromatic N) is 1.